The maximum absolute atomic E-state index is 14.4. The fraction of sp³-hybridized carbons (Fsp3) is 0.0244. The molecule has 274 valence electrons. The van der Waals surface area contributed by atoms with E-state index < -0.39 is 23.6 Å². The van der Waals surface area contributed by atoms with Crippen LogP contribution in [0.2, 0.25) is 10.0 Å². The lowest BCUT2D eigenvalue weighted by Crippen LogP contribution is -2.03. The normalized spacial score (nSPS) is 14.2. The Morgan fingerprint density at radius 2 is 1.09 bits per heavy atom. The lowest BCUT2D eigenvalue weighted by Gasteiger charge is -2.03. The lowest BCUT2D eigenvalue weighted by atomic mass is 10.1. The zero-order valence-electron chi connectivity index (χ0n) is 28.2. The smallest absolute Gasteiger partial charge is 0.337 e. The van der Waals surface area contributed by atoms with Gasteiger partial charge in [-0.3, -0.25) is 9.59 Å². The minimum atomic E-state index is -1.21. The number of hydrogen-bond donors (Lipinski definition) is 3. The molecule has 3 N–H and O–H groups in total. The van der Waals surface area contributed by atoms with Gasteiger partial charge in [0.2, 0.25) is 0 Å². The molecule has 0 bridgehead atoms. The molecule has 0 saturated carbocycles. The summed E-state index contributed by atoms with van der Waals surface area (Å²) in [4.78, 5) is 46.8. The summed E-state index contributed by atoms with van der Waals surface area (Å²) in [7, 11) is 1.23. The van der Waals surface area contributed by atoms with Gasteiger partial charge in [-0.15, -0.1) is 0 Å². The van der Waals surface area contributed by atoms with Gasteiger partial charge in [0, 0.05) is 32.5 Å². The molecule has 4 heterocycles. The van der Waals surface area contributed by atoms with Crippen LogP contribution in [-0.4, -0.2) is 36.0 Å². The van der Waals surface area contributed by atoms with Crippen LogP contribution in [-0.2, 0) is 14.3 Å². The molecular formula is C41H24Cl2F2N2O8. The molecule has 2 amide bonds. The highest BCUT2D eigenvalue weighted by atomic mass is 35.5. The van der Waals surface area contributed by atoms with Crippen LogP contribution in [0.4, 0.5) is 20.2 Å². The van der Waals surface area contributed by atoms with Crippen LogP contribution in [0, 0.1) is 11.6 Å². The van der Waals surface area contributed by atoms with Gasteiger partial charge in [-0.1, -0.05) is 23.2 Å². The second kappa shape index (κ2) is 14.9. The van der Waals surface area contributed by atoms with Crippen LogP contribution in [0.3, 0.4) is 0 Å². The number of aromatic carboxylic acids is 1. The molecule has 2 aliphatic heterocycles. The highest BCUT2D eigenvalue weighted by Crippen LogP contribution is 2.37. The molecule has 10 nitrogen and oxygen atoms in total. The maximum atomic E-state index is 14.4. The molecule has 0 radical (unpaired) electrons. The molecule has 0 atom stereocenters. The number of amides is 2. The van der Waals surface area contributed by atoms with E-state index in [9.17, 15) is 28.0 Å². The van der Waals surface area contributed by atoms with Crippen LogP contribution in [0.1, 0.15) is 43.4 Å². The van der Waals surface area contributed by atoms with Crippen molar-refractivity contribution in [1.82, 2.24) is 0 Å². The Morgan fingerprint density at radius 1 is 0.636 bits per heavy atom. The topological polar surface area (TPSA) is 148 Å². The number of furan rings is 2. The number of carboxylic acid groups (broad SMARTS) is 1. The van der Waals surface area contributed by atoms with E-state index >= 15 is 0 Å². The summed E-state index contributed by atoms with van der Waals surface area (Å²) >= 11 is 12.0. The molecule has 8 rings (SSSR count). The first-order valence-corrected chi connectivity index (χ1v) is 16.9. The van der Waals surface area contributed by atoms with E-state index in [1.54, 1.807) is 72.8 Å². The van der Waals surface area contributed by atoms with Crippen molar-refractivity contribution in [1.29, 1.82) is 0 Å². The highest BCUT2D eigenvalue weighted by Gasteiger charge is 2.26. The molecule has 14 heteroatoms. The van der Waals surface area contributed by atoms with E-state index in [-0.39, 0.29) is 45.6 Å². The number of carboxylic acids is 1. The number of anilines is 2. The van der Waals surface area contributed by atoms with Gasteiger partial charge >= 0.3 is 11.9 Å². The van der Waals surface area contributed by atoms with Crippen molar-refractivity contribution < 1.29 is 46.6 Å². The van der Waals surface area contributed by atoms with Gasteiger partial charge in [0.25, 0.3) is 11.8 Å². The fourth-order valence-electron chi connectivity index (χ4n) is 5.85. The average Bonchev–Trinajstić information content (AvgIpc) is 3.95. The van der Waals surface area contributed by atoms with E-state index in [1.165, 1.54) is 31.4 Å². The van der Waals surface area contributed by atoms with E-state index in [4.69, 9.17) is 37.1 Å². The average molecular weight is 782 g/mol. The van der Waals surface area contributed by atoms with Gasteiger partial charge in [0.1, 0.15) is 34.7 Å². The summed E-state index contributed by atoms with van der Waals surface area (Å²) in [5.74, 6) is -2.51. The second-order valence-corrected chi connectivity index (χ2v) is 12.9. The number of benzene rings is 4. The number of nitrogens with one attached hydrogen (secondary N) is 2. The predicted molar refractivity (Wildman–Crippen MR) is 202 cm³/mol. The van der Waals surface area contributed by atoms with Gasteiger partial charge in [-0.05, 0) is 109 Å². The highest BCUT2D eigenvalue weighted by molar-refractivity contribution is 6.37. The molecular weight excluding hydrogens is 757 g/mol. The number of fused-ring (bicyclic) bond motifs is 2. The molecule has 55 heavy (non-hydrogen) atoms. The Labute approximate surface area is 320 Å². The largest absolute Gasteiger partial charge is 0.478 e. The zero-order valence-corrected chi connectivity index (χ0v) is 29.7. The van der Waals surface area contributed by atoms with Crippen molar-refractivity contribution in [3.05, 3.63) is 153 Å². The zero-order chi connectivity index (χ0) is 39.0. The molecule has 4 aromatic carbocycles. The number of halogens is 4. The Balaban J connectivity index is 0.000000169. The van der Waals surface area contributed by atoms with E-state index in [1.807, 2.05) is 0 Å². The van der Waals surface area contributed by atoms with Crippen molar-refractivity contribution in [3.8, 4) is 22.6 Å². The molecule has 0 fully saturated rings. The Kier molecular flexibility index (Phi) is 9.94. The summed E-state index contributed by atoms with van der Waals surface area (Å²) in [5, 5.41) is 15.4. The number of carbonyl (C=O) groups is 4. The molecule has 0 aliphatic carbocycles. The first-order chi connectivity index (χ1) is 26.4. The van der Waals surface area contributed by atoms with Gasteiger partial charge in [-0.25, -0.2) is 18.4 Å². The number of carbonyl (C=O) groups excluding carboxylic acids is 3. The van der Waals surface area contributed by atoms with E-state index in [0.29, 0.717) is 55.2 Å². The third-order valence-electron chi connectivity index (χ3n) is 8.49. The summed E-state index contributed by atoms with van der Waals surface area (Å²) in [6.45, 7) is 0. The van der Waals surface area contributed by atoms with Crippen LogP contribution >= 0.6 is 23.2 Å². The van der Waals surface area contributed by atoms with Gasteiger partial charge in [0.15, 0.2) is 0 Å². The number of rotatable bonds is 6. The van der Waals surface area contributed by atoms with Gasteiger partial charge < -0.3 is 29.3 Å². The second-order valence-electron chi connectivity index (χ2n) is 12.0. The molecule has 2 aliphatic rings. The van der Waals surface area contributed by atoms with E-state index in [2.05, 4.69) is 15.4 Å². The Hall–Kier alpha value is -6.76. The summed E-state index contributed by atoms with van der Waals surface area (Å²) in [6, 6.07) is 24.1. The Bertz CT molecular complexity index is 2640. The van der Waals surface area contributed by atoms with E-state index in [0.717, 1.165) is 12.1 Å². The minimum absolute atomic E-state index is 0.105. The van der Waals surface area contributed by atoms with Gasteiger partial charge in [-0.2, -0.15) is 0 Å². The molecule has 0 saturated heterocycles. The van der Waals surface area contributed by atoms with Crippen LogP contribution in [0.5, 0.6) is 0 Å². The number of ether oxygens (including phenoxy) is 1. The van der Waals surface area contributed by atoms with Crippen molar-refractivity contribution in [2.75, 3.05) is 17.7 Å². The number of methoxy groups -OCH3 is 1. The lowest BCUT2D eigenvalue weighted by molar-refractivity contribution is -0.111. The fourth-order valence-corrected chi connectivity index (χ4v) is 6.19. The first kappa shape index (κ1) is 36.6. The summed E-state index contributed by atoms with van der Waals surface area (Å²) in [5.41, 5.74) is 3.70. The van der Waals surface area contributed by atoms with Gasteiger partial charge in [0.05, 0.1) is 40.5 Å². The third-order valence-corrected chi connectivity index (χ3v) is 8.96. The first-order valence-electron chi connectivity index (χ1n) is 16.2. The van der Waals surface area contributed by atoms with Crippen LogP contribution < -0.4 is 10.6 Å². The number of hydrogen-bond acceptors (Lipinski definition) is 7. The van der Waals surface area contributed by atoms with Crippen molar-refractivity contribution in [2.24, 2.45) is 0 Å². The third kappa shape index (κ3) is 7.54. The molecule has 0 spiro atoms. The summed E-state index contributed by atoms with van der Waals surface area (Å²) in [6.07, 6.45) is 3.12. The van der Waals surface area contributed by atoms with Crippen molar-refractivity contribution in [2.45, 2.75) is 0 Å². The minimum Gasteiger partial charge on any atom is -0.478 e. The monoisotopic (exact) mass is 780 g/mol. The van der Waals surface area contributed by atoms with Crippen LogP contribution in [0.15, 0.2) is 106 Å². The predicted octanol–water partition coefficient (Wildman–Crippen LogP) is 9.95. The SMILES string of the molecule is COC(=O)c1ccc(-c2ccc(/C=C3\C(=O)Nc4ccc(Cl)cc43)o2)c(F)c1.O=C1Nc2ccc(Cl)cc2/C1=C/c1ccc(-c2ccc(C(=O)O)cc2F)o1. The molecule has 2 aromatic heterocycles. The maximum Gasteiger partial charge on any atom is 0.337 e. The summed E-state index contributed by atoms with van der Waals surface area (Å²) < 4.78 is 44.5. The standard InChI is InChI=1S/C21H13ClFNO4.C20H11ClFNO4/c1-27-21(26)11-2-5-14(17(23)8-11)19-7-4-13(28-19)10-16-15-9-12(22)3-6-18(15)24-20(16)25;21-11-2-5-17-14(8-11)15(19(24)23-17)9-12-3-6-18(27-12)13-4-1-10(20(25)26)7-16(13)22/h2-10H,1H3,(H,24,25);1-9H,(H,23,24)(H,25,26)/b16-10-;15-9-. The Morgan fingerprint density at radius 3 is 1.53 bits per heavy atom. The van der Waals surface area contributed by atoms with Crippen molar-refractivity contribution >= 4 is 81.6 Å². The van der Waals surface area contributed by atoms with Crippen LogP contribution in [0.25, 0.3) is 45.9 Å². The molecule has 0 unspecified atom stereocenters. The molecule has 6 aromatic rings. The quantitative estimate of drug-likeness (QED) is 0.112. The number of esters is 1. The van der Waals surface area contributed by atoms with Crippen molar-refractivity contribution in [3.63, 3.8) is 0 Å².